The Morgan fingerprint density at radius 2 is 1.73 bits per heavy atom. The predicted octanol–water partition coefficient (Wildman–Crippen LogP) is 4.07. The third-order valence-corrected chi connectivity index (χ3v) is 9.17. The minimum absolute atomic E-state index is 0.00847. The van der Waals surface area contributed by atoms with Crippen molar-refractivity contribution in [3.63, 3.8) is 0 Å². The van der Waals surface area contributed by atoms with Gasteiger partial charge in [0.2, 0.25) is 0 Å². The Morgan fingerprint density at radius 3 is 2.27 bits per heavy atom. The van der Waals surface area contributed by atoms with Gasteiger partial charge in [0, 0.05) is 36.2 Å². The maximum absolute atomic E-state index is 13.8. The Hall–Kier alpha value is -1.93. The van der Waals surface area contributed by atoms with Crippen LogP contribution in [0.15, 0.2) is 12.7 Å². The first-order valence-electron chi connectivity index (χ1n) is 11.8. The molecule has 8 heteroatoms. The molecule has 0 saturated heterocycles. The monoisotopic (exact) mass is 466 g/mol. The Bertz CT molecular complexity index is 772. The van der Waals surface area contributed by atoms with Crippen LogP contribution in [-0.2, 0) is 19.0 Å². The number of amides is 2. The van der Waals surface area contributed by atoms with Crippen LogP contribution in [0, 0.1) is 34.0 Å². The standard InChI is InChI=1S/C24H37NO6.CH5N/c1-8-22(4)13-17(31-21(28)25-20(27)30-7)23(5)14(2)9-11-24(15(3)19(22)26)12-10-16(29-6)18(23)24;1-2/h8,14-18H,1,9-13H2,2-7H3,(H,25,27,28);2H2,1H3/t14?,15-,16+,17+,18?,22+,23-,24-;/m0./s1. The molecule has 0 aromatic carbocycles. The summed E-state index contributed by atoms with van der Waals surface area (Å²) in [5.74, 6) is 0.310. The summed E-state index contributed by atoms with van der Waals surface area (Å²) in [6.45, 7) is 12.3. The normalized spacial score (nSPS) is 41.9. The fraction of sp³-hybridized carbons (Fsp3) is 0.800. The Labute approximate surface area is 198 Å². The van der Waals surface area contributed by atoms with Crippen LogP contribution < -0.4 is 11.1 Å². The van der Waals surface area contributed by atoms with E-state index in [2.05, 4.69) is 43.1 Å². The second-order valence-electron chi connectivity index (χ2n) is 10.3. The maximum Gasteiger partial charge on any atom is 0.416 e. The van der Waals surface area contributed by atoms with Crippen LogP contribution in [-0.4, -0.2) is 51.4 Å². The number of hydrogen-bond acceptors (Lipinski definition) is 7. The number of ether oxygens (including phenoxy) is 3. The lowest BCUT2D eigenvalue weighted by Gasteiger charge is -2.61. The smallest absolute Gasteiger partial charge is 0.416 e. The molecule has 0 radical (unpaired) electrons. The van der Waals surface area contributed by atoms with Gasteiger partial charge in [0.15, 0.2) is 0 Å². The molecule has 3 saturated carbocycles. The van der Waals surface area contributed by atoms with Gasteiger partial charge in [0.25, 0.3) is 0 Å². The van der Waals surface area contributed by atoms with E-state index >= 15 is 0 Å². The zero-order valence-electron chi connectivity index (χ0n) is 21.2. The number of carbonyl (C=O) groups is 3. The molecule has 0 aromatic rings. The average Bonchev–Trinajstić information content (AvgIpc) is 3.21. The number of methoxy groups -OCH3 is 2. The van der Waals surface area contributed by atoms with E-state index in [0.29, 0.717) is 6.42 Å². The molecule has 8 atom stereocenters. The van der Waals surface area contributed by atoms with Gasteiger partial charge in [0.1, 0.15) is 11.9 Å². The van der Waals surface area contributed by atoms with Crippen molar-refractivity contribution >= 4 is 18.0 Å². The van der Waals surface area contributed by atoms with Gasteiger partial charge in [0.05, 0.1) is 13.2 Å². The summed E-state index contributed by atoms with van der Waals surface area (Å²) in [7, 11) is 4.42. The lowest BCUT2D eigenvalue weighted by atomic mass is 9.44. The van der Waals surface area contributed by atoms with Crippen molar-refractivity contribution in [2.24, 2.45) is 39.7 Å². The van der Waals surface area contributed by atoms with Crippen molar-refractivity contribution in [1.82, 2.24) is 5.32 Å². The van der Waals surface area contributed by atoms with Gasteiger partial charge in [-0.25, -0.2) is 14.9 Å². The molecule has 3 N–H and O–H groups in total. The molecule has 33 heavy (non-hydrogen) atoms. The topological polar surface area (TPSA) is 117 Å². The molecule has 0 heterocycles. The number of imide groups is 1. The fourth-order valence-corrected chi connectivity index (χ4v) is 7.09. The molecule has 0 aliphatic heterocycles. The van der Waals surface area contributed by atoms with E-state index in [4.69, 9.17) is 9.47 Å². The zero-order chi connectivity index (χ0) is 25.2. The van der Waals surface area contributed by atoms with E-state index in [1.54, 1.807) is 13.2 Å². The van der Waals surface area contributed by atoms with Crippen LogP contribution in [0.2, 0.25) is 0 Å². The number of nitrogens with one attached hydrogen (secondary N) is 1. The van der Waals surface area contributed by atoms with Crippen molar-refractivity contribution < 1.29 is 28.6 Å². The summed E-state index contributed by atoms with van der Waals surface area (Å²) in [4.78, 5) is 38.0. The molecule has 0 spiro atoms. The molecular weight excluding hydrogens is 424 g/mol. The summed E-state index contributed by atoms with van der Waals surface area (Å²) < 4.78 is 16.4. The number of nitrogens with two attached hydrogens (primary N) is 1. The van der Waals surface area contributed by atoms with Gasteiger partial charge < -0.3 is 19.9 Å². The van der Waals surface area contributed by atoms with Crippen molar-refractivity contribution in [2.45, 2.75) is 72.0 Å². The first kappa shape index (κ1) is 27.3. The first-order chi connectivity index (χ1) is 15.5. The van der Waals surface area contributed by atoms with E-state index in [-0.39, 0.29) is 35.1 Å². The molecule has 8 nitrogen and oxygen atoms in total. The molecular formula is C25H42N2O6. The molecule has 0 aromatic heterocycles. The van der Waals surface area contributed by atoms with Crippen molar-refractivity contribution in [1.29, 1.82) is 0 Å². The van der Waals surface area contributed by atoms with Crippen LogP contribution in [0.3, 0.4) is 0 Å². The van der Waals surface area contributed by atoms with Gasteiger partial charge in [-0.05, 0) is 51.0 Å². The Kier molecular flexibility index (Phi) is 8.39. The first-order valence-corrected chi connectivity index (χ1v) is 11.8. The Balaban J connectivity index is 0.00000187. The van der Waals surface area contributed by atoms with Crippen molar-refractivity contribution in [3.05, 3.63) is 12.7 Å². The van der Waals surface area contributed by atoms with Gasteiger partial charge in [-0.15, -0.1) is 6.58 Å². The van der Waals surface area contributed by atoms with Crippen LogP contribution in [0.25, 0.3) is 0 Å². The summed E-state index contributed by atoms with van der Waals surface area (Å²) in [5, 5.41) is 2.10. The summed E-state index contributed by atoms with van der Waals surface area (Å²) in [6, 6.07) is 0. The average molecular weight is 467 g/mol. The second-order valence-corrected chi connectivity index (χ2v) is 10.3. The van der Waals surface area contributed by atoms with Crippen LogP contribution >= 0.6 is 0 Å². The number of allylic oxidation sites excluding steroid dienone is 1. The SMILES string of the molecule is C=C[C@]1(C)C[C@@H](OC(=O)NC(=O)OC)[C@]2(C)C(C)CC[C@]3(CC[C@@H](OC)C32)[C@@H](C)C1=O.CN. The minimum atomic E-state index is -0.876. The largest absolute Gasteiger partial charge is 0.453 e. The molecule has 3 fully saturated rings. The fourth-order valence-electron chi connectivity index (χ4n) is 7.09. The number of alkyl carbamates (subject to hydrolysis) is 2. The predicted molar refractivity (Wildman–Crippen MR) is 125 cm³/mol. The summed E-state index contributed by atoms with van der Waals surface area (Å²) >= 11 is 0. The van der Waals surface area contributed by atoms with Crippen LogP contribution in [0.5, 0.6) is 0 Å². The number of rotatable bonds is 3. The lowest BCUT2D eigenvalue weighted by molar-refractivity contribution is -0.188. The third-order valence-electron chi connectivity index (χ3n) is 9.17. The summed E-state index contributed by atoms with van der Waals surface area (Å²) in [6.07, 6.45) is 3.38. The summed E-state index contributed by atoms with van der Waals surface area (Å²) in [5.41, 5.74) is 3.03. The van der Waals surface area contributed by atoms with E-state index in [0.717, 1.165) is 25.7 Å². The highest BCUT2D eigenvalue weighted by atomic mass is 16.6. The quantitative estimate of drug-likeness (QED) is 0.602. The molecule has 2 unspecified atom stereocenters. The van der Waals surface area contributed by atoms with E-state index < -0.39 is 29.1 Å². The molecule has 2 bridgehead atoms. The highest BCUT2D eigenvalue weighted by molar-refractivity contribution is 5.90. The molecule has 3 aliphatic rings. The van der Waals surface area contributed by atoms with E-state index in [1.165, 1.54) is 14.2 Å². The van der Waals surface area contributed by atoms with Gasteiger partial charge in [-0.2, -0.15) is 0 Å². The molecule has 188 valence electrons. The van der Waals surface area contributed by atoms with Crippen molar-refractivity contribution in [3.8, 4) is 0 Å². The molecule has 3 rings (SSSR count). The third kappa shape index (κ3) is 4.32. The second kappa shape index (κ2) is 10.1. The molecule has 2 amide bonds. The highest BCUT2D eigenvalue weighted by Gasteiger charge is 2.68. The van der Waals surface area contributed by atoms with Gasteiger partial charge >= 0.3 is 12.2 Å². The number of carbonyl (C=O) groups excluding carboxylic acids is 3. The van der Waals surface area contributed by atoms with Gasteiger partial charge in [-0.1, -0.05) is 26.8 Å². The lowest BCUT2D eigenvalue weighted by Crippen LogP contribution is -2.63. The molecule has 3 aliphatic carbocycles. The van der Waals surface area contributed by atoms with E-state index in [1.807, 2.05) is 6.92 Å². The number of Topliss-reactive ketones (excluding diaryl/α,β-unsaturated/α-hetero) is 1. The zero-order valence-corrected chi connectivity index (χ0v) is 21.2. The number of ketones is 1. The highest BCUT2D eigenvalue weighted by Crippen LogP contribution is 2.68. The van der Waals surface area contributed by atoms with Crippen LogP contribution in [0.1, 0.15) is 59.8 Å². The minimum Gasteiger partial charge on any atom is -0.453 e. The van der Waals surface area contributed by atoms with Crippen molar-refractivity contribution in [2.75, 3.05) is 21.3 Å². The van der Waals surface area contributed by atoms with Gasteiger partial charge in [-0.3, -0.25) is 4.79 Å². The Morgan fingerprint density at radius 1 is 1.12 bits per heavy atom. The number of hydrogen-bond donors (Lipinski definition) is 2. The van der Waals surface area contributed by atoms with E-state index in [9.17, 15) is 14.4 Å². The maximum atomic E-state index is 13.8. The van der Waals surface area contributed by atoms with Crippen LogP contribution in [0.4, 0.5) is 9.59 Å².